The molecule has 0 bridgehead atoms. The Kier molecular flexibility index (Phi) is 7.39. The molecule has 3 aromatic rings. The lowest BCUT2D eigenvalue weighted by Gasteiger charge is -2.28. The molecule has 0 radical (unpaired) electrons. The second-order valence-corrected chi connectivity index (χ2v) is 8.11. The minimum atomic E-state index is -1.07. The number of hydrogen-bond acceptors (Lipinski definition) is 5. The van der Waals surface area contributed by atoms with Gasteiger partial charge in [-0.1, -0.05) is 30.3 Å². The maximum Gasteiger partial charge on any atom is 0.338 e. The van der Waals surface area contributed by atoms with Gasteiger partial charge in [0, 0.05) is 12.2 Å². The number of rotatable bonds is 7. The molecule has 0 aromatic heterocycles. The van der Waals surface area contributed by atoms with Gasteiger partial charge in [0.1, 0.15) is 11.9 Å². The number of para-hydroxylation sites is 1. The van der Waals surface area contributed by atoms with E-state index in [4.69, 9.17) is 4.74 Å². The lowest BCUT2D eigenvalue weighted by molar-refractivity contribution is -0.122. The number of carbonyl (C=O) groups is 4. The molecule has 8 nitrogen and oxygen atoms in total. The molecule has 1 heterocycles. The molecule has 1 aliphatic rings. The number of anilines is 2. The number of carbonyl (C=O) groups excluding carboxylic acids is 4. The predicted octanol–water partition coefficient (Wildman–Crippen LogP) is 4.37. The maximum absolute atomic E-state index is 13.4. The summed E-state index contributed by atoms with van der Waals surface area (Å²) in [5.41, 5.74) is 1.69. The van der Waals surface area contributed by atoms with E-state index in [0.717, 1.165) is 4.90 Å². The van der Waals surface area contributed by atoms with E-state index in [1.165, 1.54) is 53.4 Å². The van der Waals surface area contributed by atoms with E-state index in [1.54, 1.807) is 37.3 Å². The molecule has 0 spiro atoms. The highest BCUT2D eigenvalue weighted by Gasteiger charge is 2.44. The molecular formula is C27H24FN3O5. The average molecular weight is 490 g/mol. The molecule has 1 aliphatic heterocycles. The van der Waals surface area contributed by atoms with E-state index in [1.807, 2.05) is 0 Å². The van der Waals surface area contributed by atoms with Gasteiger partial charge in [-0.3, -0.25) is 9.59 Å². The van der Waals surface area contributed by atoms with E-state index in [2.05, 4.69) is 5.32 Å². The SMILES string of the molecule is CCOC(=O)c1ccc(N2C(=O)C[C@H](N(Cc3ccc(F)cc3)C(=O)Nc3ccccc3)C2=O)cc1. The second-order valence-electron chi connectivity index (χ2n) is 8.11. The molecule has 9 heteroatoms. The summed E-state index contributed by atoms with van der Waals surface area (Å²) in [5, 5.41) is 2.75. The van der Waals surface area contributed by atoms with Crippen LogP contribution in [-0.2, 0) is 20.9 Å². The highest BCUT2D eigenvalue weighted by molar-refractivity contribution is 6.23. The van der Waals surface area contributed by atoms with Gasteiger partial charge in [-0.25, -0.2) is 18.9 Å². The van der Waals surface area contributed by atoms with Crippen LogP contribution in [0.4, 0.5) is 20.6 Å². The lowest BCUT2D eigenvalue weighted by Crippen LogP contribution is -2.46. The summed E-state index contributed by atoms with van der Waals surface area (Å²) in [4.78, 5) is 53.8. The van der Waals surface area contributed by atoms with E-state index in [9.17, 15) is 23.6 Å². The van der Waals surface area contributed by atoms with Crippen LogP contribution in [-0.4, -0.2) is 41.4 Å². The molecule has 1 saturated heterocycles. The molecule has 0 aliphatic carbocycles. The molecule has 4 amide bonds. The third kappa shape index (κ3) is 5.41. The number of nitrogens with zero attached hydrogens (tertiary/aromatic N) is 2. The maximum atomic E-state index is 13.4. The minimum absolute atomic E-state index is 0.0156. The fourth-order valence-electron chi connectivity index (χ4n) is 3.92. The number of hydrogen-bond donors (Lipinski definition) is 1. The quantitative estimate of drug-likeness (QED) is 0.393. The van der Waals surface area contributed by atoms with Crippen LogP contribution in [0.1, 0.15) is 29.3 Å². The van der Waals surface area contributed by atoms with Gasteiger partial charge in [-0.05, 0) is 61.0 Å². The van der Waals surface area contributed by atoms with Crippen LogP contribution < -0.4 is 10.2 Å². The van der Waals surface area contributed by atoms with Crippen molar-refractivity contribution in [3.63, 3.8) is 0 Å². The van der Waals surface area contributed by atoms with Crippen LogP contribution >= 0.6 is 0 Å². The molecule has 0 unspecified atom stereocenters. The Morgan fingerprint density at radius 3 is 2.31 bits per heavy atom. The zero-order valence-electron chi connectivity index (χ0n) is 19.5. The van der Waals surface area contributed by atoms with E-state index < -0.39 is 35.7 Å². The van der Waals surface area contributed by atoms with Crippen LogP contribution in [0.2, 0.25) is 0 Å². The largest absolute Gasteiger partial charge is 0.462 e. The third-order valence-corrected chi connectivity index (χ3v) is 5.69. The number of urea groups is 1. The normalized spacial score (nSPS) is 15.1. The Morgan fingerprint density at radius 2 is 1.67 bits per heavy atom. The Balaban J connectivity index is 1.59. The van der Waals surface area contributed by atoms with E-state index in [0.29, 0.717) is 11.3 Å². The highest BCUT2D eigenvalue weighted by atomic mass is 19.1. The van der Waals surface area contributed by atoms with Crippen molar-refractivity contribution in [1.29, 1.82) is 0 Å². The van der Waals surface area contributed by atoms with E-state index >= 15 is 0 Å². The molecule has 0 saturated carbocycles. The van der Waals surface area contributed by atoms with Crippen LogP contribution in [0.25, 0.3) is 0 Å². The van der Waals surface area contributed by atoms with E-state index in [-0.39, 0.29) is 30.8 Å². The summed E-state index contributed by atoms with van der Waals surface area (Å²) in [6, 6.07) is 18.6. The fraction of sp³-hybridized carbons (Fsp3) is 0.185. The summed E-state index contributed by atoms with van der Waals surface area (Å²) >= 11 is 0. The molecule has 36 heavy (non-hydrogen) atoms. The molecule has 184 valence electrons. The number of amides is 4. The van der Waals surface area contributed by atoms with Crippen LogP contribution in [0.3, 0.4) is 0 Å². The van der Waals surface area contributed by atoms with Crippen molar-refractivity contribution < 1.29 is 28.3 Å². The number of halogens is 1. The summed E-state index contributed by atoms with van der Waals surface area (Å²) in [6.07, 6.45) is -0.220. The zero-order chi connectivity index (χ0) is 25.7. The highest BCUT2D eigenvalue weighted by Crippen LogP contribution is 2.28. The first-order valence-corrected chi connectivity index (χ1v) is 11.4. The zero-order valence-corrected chi connectivity index (χ0v) is 19.5. The number of ether oxygens (including phenoxy) is 1. The van der Waals surface area contributed by atoms with Crippen molar-refractivity contribution in [3.05, 3.63) is 95.8 Å². The van der Waals surface area contributed by atoms with Crippen LogP contribution in [0.5, 0.6) is 0 Å². The number of nitrogens with one attached hydrogen (secondary N) is 1. The summed E-state index contributed by atoms with van der Waals surface area (Å²) in [5.74, 6) is -1.99. The van der Waals surface area contributed by atoms with Gasteiger partial charge in [-0.2, -0.15) is 0 Å². The van der Waals surface area contributed by atoms with Gasteiger partial charge in [-0.15, -0.1) is 0 Å². The van der Waals surface area contributed by atoms with Crippen molar-refractivity contribution in [2.24, 2.45) is 0 Å². The summed E-state index contributed by atoms with van der Waals surface area (Å²) < 4.78 is 18.4. The smallest absolute Gasteiger partial charge is 0.338 e. The average Bonchev–Trinajstić information content (AvgIpc) is 3.17. The molecule has 1 atom stereocenters. The Labute approximate surface area is 207 Å². The second kappa shape index (κ2) is 10.8. The van der Waals surface area contributed by atoms with Crippen molar-refractivity contribution in [2.75, 3.05) is 16.8 Å². The standard InChI is InChI=1S/C27H24FN3O5/c1-2-36-26(34)19-10-14-22(15-11-19)31-24(32)16-23(25(31)33)30(17-18-8-12-20(28)13-9-18)27(35)29-21-6-4-3-5-7-21/h3-15,23H,2,16-17H2,1H3,(H,29,35)/t23-/m0/s1. The molecular weight excluding hydrogens is 465 g/mol. The van der Waals surface area contributed by atoms with Gasteiger partial charge in [0.15, 0.2) is 0 Å². The van der Waals surface area contributed by atoms with Gasteiger partial charge in [0.2, 0.25) is 5.91 Å². The van der Waals surface area contributed by atoms with Crippen molar-refractivity contribution >= 4 is 35.2 Å². The van der Waals surface area contributed by atoms with Gasteiger partial charge in [0.25, 0.3) is 5.91 Å². The number of imide groups is 1. The van der Waals surface area contributed by atoms with Gasteiger partial charge >= 0.3 is 12.0 Å². The minimum Gasteiger partial charge on any atom is -0.462 e. The molecule has 3 aromatic carbocycles. The first-order valence-electron chi connectivity index (χ1n) is 11.4. The Morgan fingerprint density at radius 1 is 1.00 bits per heavy atom. The fourth-order valence-corrected chi connectivity index (χ4v) is 3.92. The Hall–Kier alpha value is -4.53. The third-order valence-electron chi connectivity index (χ3n) is 5.69. The Bertz CT molecular complexity index is 1260. The van der Waals surface area contributed by atoms with Gasteiger partial charge < -0.3 is 15.0 Å². The van der Waals surface area contributed by atoms with Crippen molar-refractivity contribution in [2.45, 2.75) is 25.9 Å². The first kappa shape index (κ1) is 24.6. The van der Waals surface area contributed by atoms with Crippen molar-refractivity contribution in [3.8, 4) is 0 Å². The lowest BCUT2D eigenvalue weighted by atomic mass is 10.1. The molecule has 1 N–H and O–H groups in total. The monoisotopic (exact) mass is 489 g/mol. The number of benzene rings is 3. The van der Waals surface area contributed by atoms with Crippen LogP contribution in [0.15, 0.2) is 78.9 Å². The summed E-state index contributed by atoms with van der Waals surface area (Å²) in [6.45, 7) is 1.90. The van der Waals surface area contributed by atoms with Gasteiger partial charge in [0.05, 0.1) is 24.3 Å². The predicted molar refractivity (Wildman–Crippen MR) is 131 cm³/mol. The molecule has 1 fully saturated rings. The summed E-state index contributed by atoms with van der Waals surface area (Å²) in [7, 11) is 0. The topological polar surface area (TPSA) is 96.0 Å². The first-order chi connectivity index (χ1) is 17.4. The number of esters is 1. The van der Waals surface area contributed by atoms with Crippen molar-refractivity contribution in [1.82, 2.24) is 4.90 Å². The van der Waals surface area contributed by atoms with Crippen LogP contribution in [0, 0.1) is 5.82 Å². The molecule has 4 rings (SSSR count).